The van der Waals surface area contributed by atoms with Gasteiger partial charge >= 0.3 is 0 Å². The minimum atomic E-state index is -0.621. The Morgan fingerprint density at radius 1 is 0.964 bits per heavy atom. The lowest BCUT2D eigenvalue weighted by Gasteiger charge is -2.26. The summed E-state index contributed by atoms with van der Waals surface area (Å²) >= 11 is 0. The second-order valence-corrected chi connectivity index (χ2v) is 6.98. The molecule has 3 rings (SSSR count). The molecule has 0 saturated carbocycles. The maximum atomic E-state index is 12.9. The van der Waals surface area contributed by atoms with Crippen molar-refractivity contribution in [2.75, 3.05) is 26.2 Å². The number of amides is 1. The number of nitrogens with one attached hydrogen (secondary N) is 1. The average Bonchev–Trinajstić information content (AvgIpc) is 3.00. The first-order valence-electron chi connectivity index (χ1n) is 9.80. The highest BCUT2D eigenvalue weighted by molar-refractivity contribution is 6.46. The van der Waals surface area contributed by atoms with Gasteiger partial charge in [0.2, 0.25) is 0 Å². The van der Waals surface area contributed by atoms with Gasteiger partial charge in [-0.05, 0) is 19.4 Å². The number of Topliss-reactive ketones (excluding diaryl/α,β-unsaturated/α-hetero) is 1. The Kier molecular flexibility index (Phi) is 6.26. The van der Waals surface area contributed by atoms with Gasteiger partial charge in [-0.2, -0.15) is 0 Å². The molecule has 146 valence electrons. The molecule has 1 saturated heterocycles. The monoisotopic (exact) mass is 379 g/mol. The number of carbonyl (C=O) groups excluding carboxylic acids is 2. The maximum absolute atomic E-state index is 12.9. The van der Waals surface area contributed by atoms with Crippen molar-refractivity contribution >= 4 is 17.4 Å². The summed E-state index contributed by atoms with van der Waals surface area (Å²) in [6, 6.07) is 17.8. The first-order valence-corrected chi connectivity index (χ1v) is 9.80. The Bertz CT molecular complexity index is 858. The van der Waals surface area contributed by atoms with Crippen LogP contribution in [0.4, 0.5) is 0 Å². The Labute approximate surface area is 165 Å². The zero-order chi connectivity index (χ0) is 20.1. The first-order chi connectivity index (χ1) is 13.6. The summed E-state index contributed by atoms with van der Waals surface area (Å²) in [6.07, 6.45) is 0. The van der Waals surface area contributed by atoms with E-state index in [0.29, 0.717) is 12.1 Å². The molecule has 1 heterocycles. The highest BCUT2D eigenvalue weighted by atomic mass is 16.3. The van der Waals surface area contributed by atoms with Crippen LogP contribution in [0, 0.1) is 0 Å². The summed E-state index contributed by atoms with van der Waals surface area (Å²) in [6.45, 7) is 7.36. The van der Waals surface area contributed by atoms with Gasteiger partial charge in [-0.1, -0.05) is 60.7 Å². The normalized spacial score (nSPS) is 18.8. The standard InChI is InChI=1S/C23H26N2O3/c1-3-24(4-2)15-16-25-20(17-11-7-5-8-12-17)19(22(27)23(25)28)21(26)18-13-9-6-10-14-18/h5-14,20,26H,3-4,15-16H2,1-2H3/p+1/t20-/m0/s1. The average molecular weight is 379 g/mol. The summed E-state index contributed by atoms with van der Waals surface area (Å²) < 4.78 is 0. The molecule has 1 fully saturated rings. The van der Waals surface area contributed by atoms with Crippen molar-refractivity contribution < 1.29 is 19.6 Å². The number of carbonyl (C=O) groups is 2. The molecule has 1 aliphatic heterocycles. The SMILES string of the molecule is CC[NH+](CC)CCN1C(=O)C(=O)C(=C(O)c2ccccc2)[C@@H]1c1ccccc1. The fourth-order valence-corrected chi connectivity index (χ4v) is 3.73. The van der Waals surface area contributed by atoms with Crippen molar-refractivity contribution in [3.8, 4) is 0 Å². The highest BCUT2D eigenvalue weighted by Gasteiger charge is 2.46. The van der Waals surface area contributed by atoms with Gasteiger partial charge in [0.05, 0.1) is 37.8 Å². The van der Waals surface area contributed by atoms with Crippen LogP contribution in [0.15, 0.2) is 66.2 Å². The molecule has 0 unspecified atom stereocenters. The van der Waals surface area contributed by atoms with Crippen molar-refractivity contribution in [3.05, 3.63) is 77.4 Å². The molecule has 2 aromatic rings. The van der Waals surface area contributed by atoms with E-state index in [0.717, 1.165) is 25.2 Å². The predicted octanol–water partition coefficient (Wildman–Crippen LogP) is 2.03. The van der Waals surface area contributed by atoms with Crippen LogP contribution in [-0.4, -0.2) is 47.9 Å². The van der Waals surface area contributed by atoms with Crippen LogP contribution in [0.2, 0.25) is 0 Å². The molecular formula is C23H27N2O3+. The van der Waals surface area contributed by atoms with E-state index in [1.54, 1.807) is 29.2 Å². The van der Waals surface area contributed by atoms with E-state index in [4.69, 9.17) is 0 Å². The van der Waals surface area contributed by atoms with Crippen molar-refractivity contribution in [3.63, 3.8) is 0 Å². The lowest BCUT2D eigenvalue weighted by Crippen LogP contribution is -3.12. The number of benzene rings is 2. The van der Waals surface area contributed by atoms with Gasteiger partial charge in [0.1, 0.15) is 5.76 Å². The summed E-state index contributed by atoms with van der Waals surface area (Å²) in [7, 11) is 0. The molecule has 0 radical (unpaired) electrons. The predicted molar refractivity (Wildman–Crippen MR) is 109 cm³/mol. The summed E-state index contributed by atoms with van der Waals surface area (Å²) in [4.78, 5) is 28.7. The van der Waals surface area contributed by atoms with E-state index < -0.39 is 17.7 Å². The van der Waals surface area contributed by atoms with Crippen LogP contribution in [0.5, 0.6) is 0 Å². The lowest BCUT2D eigenvalue weighted by molar-refractivity contribution is -0.895. The summed E-state index contributed by atoms with van der Waals surface area (Å²) in [5.41, 5.74) is 1.53. The molecule has 1 amide bonds. The first kappa shape index (κ1) is 19.8. The number of aliphatic hydroxyl groups is 1. The fraction of sp³-hybridized carbons (Fsp3) is 0.304. The molecule has 0 spiro atoms. The van der Waals surface area contributed by atoms with Crippen molar-refractivity contribution in [2.24, 2.45) is 0 Å². The minimum Gasteiger partial charge on any atom is -0.507 e. The van der Waals surface area contributed by atoms with Gasteiger partial charge < -0.3 is 14.9 Å². The third-order valence-corrected chi connectivity index (χ3v) is 5.41. The Morgan fingerprint density at radius 3 is 2.11 bits per heavy atom. The molecule has 2 N–H and O–H groups in total. The zero-order valence-electron chi connectivity index (χ0n) is 16.4. The van der Waals surface area contributed by atoms with Crippen LogP contribution in [-0.2, 0) is 9.59 Å². The van der Waals surface area contributed by atoms with Gasteiger partial charge in [0, 0.05) is 5.56 Å². The maximum Gasteiger partial charge on any atom is 0.295 e. The second kappa shape index (κ2) is 8.85. The van der Waals surface area contributed by atoms with E-state index in [-0.39, 0.29) is 11.3 Å². The van der Waals surface area contributed by atoms with E-state index in [1.807, 2.05) is 36.4 Å². The van der Waals surface area contributed by atoms with Crippen molar-refractivity contribution in [2.45, 2.75) is 19.9 Å². The van der Waals surface area contributed by atoms with E-state index in [1.165, 1.54) is 4.90 Å². The molecule has 0 aromatic heterocycles. The number of nitrogens with zero attached hydrogens (tertiary/aromatic N) is 1. The van der Waals surface area contributed by atoms with E-state index >= 15 is 0 Å². The molecule has 5 nitrogen and oxygen atoms in total. The molecule has 0 aliphatic carbocycles. The highest BCUT2D eigenvalue weighted by Crippen LogP contribution is 2.38. The minimum absolute atomic E-state index is 0.120. The Balaban J connectivity index is 2.06. The van der Waals surface area contributed by atoms with Crippen LogP contribution in [0.1, 0.15) is 31.0 Å². The Morgan fingerprint density at radius 2 is 1.54 bits per heavy atom. The third-order valence-electron chi connectivity index (χ3n) is 5.41. The quantitative estimate of drug-likeness (QED) is 0.440. The number of aliphatic hydroxyl groups excluding tert-OH is 1. The van der Waals surface area contributed by atoms with Crippen molar-refractivity contribution in [1.82, 2.24) is 4.90 Å². The van der Waals surface area contributed by atoms with Crippen LogP contribution in [0.25, 0.3) is 5.76 Å². The van der Waals surface area contributed by atoms with Gasteiger partial charge in [-0.3, -0.25) is 9.59 Å². The number of likely N-dealkylation sites (tertiary alicyclic amines) is 1. The van der Waals surface area contributed by atoms with Crippen LogP contribution in [0.3, 0.4) is 0 Å². The summed E-state index contributed by atoms with van der Waals surface area (Å²) in [5, 5.41) is 10.9. The number of quaternary nitrogens is 1. The zero-order valence-corrected chi connectivity index (χ0v) is 16.4. The van der Waals surface area contributed by atoms with Gasteiger partial charge in [-0.25, -0.2) is 0 Å². The third kappa shape index (κ3) is 3.85. The van der Waals surface area contributed by atoms with E-state index in [2.05, 4.69) is 13.8 Å². The summed E-state index contributed by atoms with van der Waals surface area (Å²) in [5.74, 6) is -1.28. The fourth-order valence-electron chi connectivity index (χ4n) is 3.73. The smallest absolute Gasteiger partial charge is 0.295 e. The van der Waals surface area contributed by atoms with Crippen molar-refractivity contribution in [1.29, 1.82) is 0 Å². The number of hydrogen-bond acceptors (Lipinski definition) is 3. The van der Waals surface area contributed by atoms with Gasteiger partial charge in [-0.15, -0.1) is 0 Å². The number of hydrogen-bond donors (Lipinski definition) is 2. The van der Waals surface area contributed by atoms with E-state index in [9.17, 15) is 14.7 Å². The molecule has 28 heavy (non-hydrogen) atoms. The Hall–Kier alpha value is -2.92. The molecule has 1 aliphatic rings. The largest absolute Gasteiger partial charge is 0.507 e. The van der Waals surface area contributed by atoms with Crippen LogP contribution < -0.4 is 4.90 Å². The molecule has 5 heteroatoms. The molecule has 2 aromatic carbocycles. The number of ketones is 1. The topological polar surface area (TPSA) is 62.0 Å². The number of likely N-dealkylation sites (N-methyl/N-ethyl adjacent to an activating group) is 1. The van der Waals surface area contributed by atoms with Crippen LogP contribution >= 0.6 is 0 Å². The molecule has 1 atom stereocenters. The van der Waals surface area contributed by atoms with Gasteiger partial charge in [0.25, 0.3) is 11.7 Å². The van der Waals surface area contributed by atoms with Gasteiger partial charge in [0.15, 0.2) is 0 Å². The molecule has 0 bridgehead atoms. The molecular weight excluding hydrogens is 352 g/mol. The number of rotatable bonds is 7. The lowest BCUT2D eigenvalue weighted by atomic mass is 9.95. The second-order valence-electron chi connectivity index (χ2n) is 6.98.